The molecule has 0 N–H and O–H groups in total. The average molecular weight is 317 g/mol. The van der Waals surface area contributed by atoms with E-state index in [-0.39, 0.29) is 6.04 Å². The minimum Gasteiger partial charge on any atom is -0.324 e. The third-order valence-corrected chi connectivity index (χ3v) is 4.51. The number of imidazole rings is 1. The summed E-state index contributed by atoms with van der Waals surface area (Å²) < 4.78 is 4.03. The molecule has 0 saturated heterocycles. The van der Waals surface area contributed by atoms with Crippen LogP contribution in [0.5, 0.6) is 0 Å². The van der Waals surface area contributed by atoms with Gasteiger partial charge in [0.25, 0.3) is 0 Å². The van der Waals surface area contributed by atoms with Crippen LogP contribution in [0.25, 0.3) is 22.3 Å². The molecule has 0 aliphatic rings. The standard InChI is InChI=1S/C19H19N5/c1-13-6-7-17-16(5-4-8-20-17)18(13)19-21-9-10-24(19)14(2)15-11-22-23(3)12-15/h4-12,14H,1-3H3. The second-order valence-electron chi connectivity index (χ2n) is 6.11. The van der Waals surface area contributed by atoms with Crippen LogP contribution in [0.15, 0.2) is 55.2 Å². The molecule has 5 nitrogen and oxygen atoms in total. The van der Waals surface area contributed by atoms with Gasteiger partial charge in [-0.3, -0.25) is 9.67 Å². The Morgan fingerprint density at radius 2 is 1.96 bits per heavy atom. The molecule has 0 aliphatic carbocycles. The van der Waals surface area contributed by atoms with Crippen molar-refractivity contribution >= 4 is 10.9 Å². The summed E-state index contributed by atoms with van der Waals surface area (Å²) in [6.45, 7) is 4.29. The predicted octanol–water partition coefficient (Wildman–Crippen LogP) is 3.75. The smallest absolute Gasteiger partial charge is 0.141 e. The third kappa shape index (κ3) is 2.29. The van der Waals surface area contributed by atoms with Crippen LogP contribution in [0.3, 0.4) is 0 Å². The van der Waals surface area contributed by atoms with Gasteiger partial charge >= 0.3 is 0 Å². The summed E-state index contributed by atoms with van der Waals surface area (Å²) in [4.78, 5) is 9.14. The fourth-order valence-electron chi connectivity index (χ4n) is 3.19. The van der Waals surface area contributed by atoms with E-state index in [1.165, 1.54) is 5.56 Å². The Bertz CT molecular complexity index is 1010. The molecular weight excluding hydrogens is 298 g/mol. The molecule has 24 heavy (non-hydrogen) atoms. The first-order chi connectivity index (χ1) is 11.6. The van der Waals surface area contributed by atoms with Crippen LogP contribution in [0.4, 0.5) is 0 Å². The van der Waals surface area contributed by atoms with Crippen LogP contribution < -0.4 is 0 Å². The molecule has 1 atom stereocenters. The van der Waals surface area contributed by atoms with E-state index >= 15 is 0 Å². The fraction of sp³-hybridized carbons (Fsp3) is 0.211. The lowest BCUT2D eigenvalue weighted by Gasteiger charge is -2.17. The normalized spacial score (nSPS) is 12.6. The molecule has 0 spiro atoms. The SMILES string of the molecule is Cc1ccc2ncccc2c1-c1nccn1C(C)c1cnn(C)c1. The summed E-state index contributed by atoms with van der Waals surface area (Å²) in [5.41, 5.74) is 4.48. The Balaban J connectivity index is 1.91. The summed E-state index contributed by atoms with van der Waals surface area (Å²) in [5.74, 6) is 0.961. The lowest BCUT2D eigenvalue weighted by atomic mass is 10.0. The van der Waals surface area contributed by atoms with Crippen molar-refractivity contribution < 1.29 is 0 Å². The van der Waals surface area contributed by atoms with Crippen LogP contribution in [0.1, 0.15) is 24.1 Å². The van der Waals surface area contributed by atoms with E-state index < -0.39 is 0 Å². The molecule has 120 valence electrons. The molecule has 0 fully saturated rings. The van der Waals surface area contributed by atoms with Gasteiger partial charge in [0.05, 0.1) is 17.8 Å². The highest BCUT2D eigenvalue weighted by Gasteiger charge is 2.18. The van der Waals surface area contributed by atoms with Crippen molar-refractivity contribution in [2.75, 3.05) is 0 Å². The number of fused-ring (bicyclic) bond motifs is 1. The summed E-state index contributed by atoms with van der Waals surface area (Å²) in [5, 5.41) is 5.42. The van der Waals surface area contributed by atoms with Gasteiger partial charge in [-0.05, 0) is 31.5 Å². The number of aromatic nitrogens is 5. The molecule has 0 amide bonds. The zero-order valence-corrected chi connectivity index (χ0v) is 14.0. The first kappa shape index (κ1) is 14.6. The highest BCUT2D eigenvalue weighted by molar-refractivity contribution is 5.94. The molecule has 3 heterocycles. The summed E-state index contributed by atoms with van der Waals surface area (Å²) in [7, 11) is 1.94. The lowest BCUT2D eigenvalue weighted by Crippen LogP contribution is -2.08. The number of nitrogens with zero attached hydrogens (tertiary/aromatic N) is 5. The number of hydrogen-bond acceptors (Lipinski definition) is 3. The highest BCUT2D eigenvalue weighted by Crippen LogP contribution is 2.32. The molecule has 4 aromatic rings. The topological polar surface area (TPSA) is 48.5 Å². The van der Waals surface area contributed by atoms with Gasteiger partial charge in [-0.15, -0.1) is 0 Å². The van der Waals surface area contributed by atoms with E-state index in [9.17, 15) is 0 Å². The number of rotatable bonds is 3. The maximum absolute atomic E-state index is 4.66. The van der Waals surface area contributed by atoms with E-state index in [4.69, 9.17) is 0 Å². The molecule has 0 saturated carbocycles. The Morgan fingerprint density at radius 1 is 1.08 bits per heavy atom. The van der Waals surface area contributed by atoms with Crippen molar-refractivity contribution in [3.63, 3.8) is 0 Å². The zero-order chi connectivity index (χ0) is 16.7. The van der Waals surface area contributed by atoms with Gasteiger partial charge in [-0.1, -0.05) is 12.1 Å². The maximum atomic E-state index is 4.66. The number of benzene rings is 1. The molecule has 0 aliphatic heterocycles. The number of pyridine rings is 1. The molecule has 1 unspecified atom stereocenters. The van der Waals surface area contributed by atoms with Crippen LogP contribution in [-0.4, -0.2) is 24.3 Å². The maximum Gasteiger partial charge on any atom is 0.141 e. The molecule has 0 radical (unpaired) electrons. The van der Waals surface area contributed by atoms with E-state index in [2.05, 4.69) is 51.7 Å². The lowest BCUT2D eigenvalue weighted by molar-refractivity contribution is 0.644. The van der Waals surface area contributed by atoms with E-state index in [0.717, 1.165) is 27.9 Å². The first-order valence-electron chi connectivity index (χ1n) is 8.01. The van der Waals surface area contributed by atoms with Gasteiger partial charge in [0.2, 0.25) is 0 Å². The van der Waals surface area contributed by atoms with E-state index in [1.807, 2.05) is 48.8 Å². The first-order valence-corrected chi connectivity index (χ1v) is 8.01. The van der Waals surface area contributed by atoms with Crippen molar-refractivity contribution in [3.05, 3.63) is 66.4 Å². The molecule has 3 aromatic heterocycles. The van der Waals surface area contributed by atoms with Crippen molar-refractivity contribution in [2.24, 2.45) is 7.05 Å². The second-order valence-corrected chi connectivity index (χ2v) is 6.11. The van der Waals surface area contributed by atoms with Gasteiger partial charge in [0, 0.05) is 48.3 Å². The monoisotopic (exact) mass is 317 g/mol. The molecular formula is C19H19N5. The average Bonchev–Trinajstić information content (AvgIpc) is 3.23. The van der Waals surface area contributed by atoms with Crippen molar-refractivity contribution in [1.82, 2.24) is 24.3 Å². The molecule has 5 heteroatoms. The molecule has 4 rings (SSSR count). The number of aryl methyl sites for hydroxylation is 2. The van der Waals surface area contributed by atoms with Crippen molar-refractivity contribution in [1.29, 1.82) is 0 Å². The Morgan fingerprint density at radius 3 is 2.75 bits per heavy atom. The third-order valence-electron chi connectivity index (χ3n) is 4.51. The van der Waals surface area contributed by atoms with Crippen molar-refractivity contribution in [2.45, 2.75) is 19.9 Å². The van der Waals surface area contributed by atoms with Gasteiger partial charge in [0.15, 0.2) is 0 Å². The highest BCUT2D eigenvalue weighted by atomic mass is 15.2. The zero-order valence-electron chi connectivity index (χ0n) is 14.0. The summed E-state index contributed by atoms with van der Waals surface area (Å²) >= 11 is 0. The van der Waals surface area contributed by atoms with Crippen molar-refractivity contribution in [3.8, 4) is 11.4 Å². The van der Waals surface area contributed by atoms with Crippen LogP contribution in [-0.2, 0) is 7.05 Å². The van der Waals surface area contributed by atoms with Crippen LogP contribution in [0.2, 0.25) is 0 Å². The summed E-state index contributed by atoms with van der Waals surface area (Å²) in [6, 6.07) is 8.41. The van der Waals surface area contributed by atoms with E-state index in [0.29, 0.717) is 0 Å². The van der Waals surface area contributed by atoms with Crippen LogP contribution in [0, 0.1) is 6.92 Å². The van der Waals surface area contributed by atoms with E-state index in [1.54, 1.807) is 0 Å². The van der Waals surface area contributed by atoms with Crippen LogP contribution >= 0.6 is 0 Å². The Hall–Kier alpha value is -2.95. The Kier molecular flexibility index (Phi) is 3.41. The minimum absolute atomic E-state index is 0.155. The molecule has 0 bridgehead atoms. The fourth-order valence-corrected chi connectivity index (χ4v) is 3.19. The molecule has 1 aromatic carbocycles. The van der Waals surface area contributed by atoms with Gasteiger partial charge in [-0.25, -0.2) is 4.98 Å². The van der Waals surface area contributed by atoms with Gasteiger partial charge in [-0.2, -0.15) is 5.10 Å². The quantitative estimate of drug-likeness (QED) is 0.578. The number of hydrogen-bond donors (Lipinski definition) is 0. The largest absolute Gasteiger partial charge is 0.324 e. The predicted molar refractivity (Wildman–Crippen MR) is 94.7 cm³/mol. The second kappa shape index (κ2) is 5.60. The van der Waals surface area contributed by atoms with Gasteiger partial charge in [0.1, 0.15) is 5.82 Å². The minimum atomic E-state index is 0.155. The summed E-state index contributed by atoms with van der Waals surface area (Å²) in [6.07, 6.45) is 9.67. The Labute approximate surface area is 140 Å². The van der Waals surface area contributed by atoms with Gasteiger partial charge < -0.3 is 4.57 Å².